The van der Waals surface area contributed by atoms with Crippen LogP contribution in [0.5, 0.6) is 5.75 Å². The molecule has 0 unspecified atom stereocenters. The van der Waals surface area contributed by atoms with Crippen molar-refractivity contribution in [2.45, 2.75) is 13.3 Å². The largest absolute Gasteiger partial charge is 0.495 e. The van der Waals surface area contributed by atoms with Crippen LogP contribution in [-0.4, -0.2) is 18.0 Å². The standard InChI is InChI=1S/C25H19Br2ClN2O3/c1-3-14-4-8-22-21(10-14)30-25(33-22)16-5-7-19(28)20(12-16)29-23(31)9-6-15-11-17(26)13-18(27)24(15)32-2/h4-13H,3H2,1-2H3,(H,29,31)/b9-6+. The molecule has 1 amide bonds. The molecule has 4 aromatic rings. The predicted octanol–water partition coefficient (Wildman–Crippen LogP) is 7.90. The number of aromatic nitrogens is 1. The van der Waals surface area contributed by atoms with Gasteiger partial charge in [0.05, 0.1) is 22.3 Å². The van der Waals surface area contributed by atoms with Gasteiger partial charge < -0.3 is 14.5 Å². The monoisotopic (exact) mass is 588 g/mol. The summed E-state index contributed by atoms with van der Waals surface area (Å²) in [5.74, 6) is 0.756. The SMILES string of the molecule is CCc1ccc2oc(-c3ccc(Cl)c(NC(=O)/C=C/c4cc(Br)cc(Br)c4OC)c3)nc2c1. The van der Waals surface area contributed by atoms with Crippen molar-refractivity contribution in [3.8, 4) is 17.2 Å². The molecule has 0 aliphatic carbocycles. The molecule has 0 aliphatic heterocycles. The van der Waals surface area contributed by atoms with Gasteiger partial charge in [-0.1, -0.05) is 40.5 Å². The number of ether oxygens (including phenoxy) is 1. The van der Waals surface area contributed by atoms with Gasteiger partial charge in [0, 0.05) is 21.7 Å². The summed E-state index contributed by atoms with van der Waals surface area (Å²) in [5.41, 5.74) is 4.61. The molecule has 33 heavy (non-hydrogen) atoms. The third-order valence-electron chi connectivity index (χ3n) is 4.99. The molecule has 4 rings (SSSR count). The van der Waals surface area contributed by atoms with Crippen LogP contribution in [0.25, 0.3) is 28.6 Å². The number of amides is 1. The minimum absolute atomic E-state index is 0.336. The van der Waals surface area contributed by atoms with Gasteiger partial charge in [0.15, 0.2) is 5.58 Å². The van der Waals surface area contributed by atoms with Gasteiger partial charge in [-0.2, -0.15) is 0 Å². The molecular weight excluding hydrogens is 572 g/mol. The minimum Gasteiger partial charge on any atom is -0.495 e. The van der Waals surface area contributed by atoms with Crippen LogP contribution < -0.4 is 10.1 Å². The Balaban J connectivity index is 1.58. The Morgan fingerprint density at radius 1 is 1.18 bits per heavy atom. The van der Waals surface area contributed by atoms with Crippen LogP contribution in [0, 0.1) is 0 Å². The number of methoxy groups -OCH3 is 1. The summed E-state index contributed by atoms with van der Waals surface area (Å²) in [5, 5.41) is 3.23. The van der Waals surface area contributed by atoms with Gasteiger partial charge in [-0.15, -0.1) is 0 Å². The first-order chi connectivity index (χ1) is 15.9. The highest BCUT2D eigenvalue weighted by Crippen LogP contribution is 2.34. The molecule has 1 aromatic heterocycles. The van der Waals surface area contributed by atoms with E-state index in [9.17, 15) is 4.79 Å². The molecule has 0 radical (unpaired) electrons. The average molecular weight is 591 g/mol. The molecular formula is C25H19Br2ClN2O3. The van der Waals surface area contributed by atoms with Crippen molar-refractivity contribution in [3.05, 3.63) is 79.7 Å². The molecule has 0 spiro atoms. The Morgan fingerprint density at radius 3 is 2.76 bits per heavy atom. The first-order valence-corrected chi connectivity index (χ1v) is 12.1. The number of aryl methyl sites for hydroxylation is 1. The third-order valence-corrected chi connectivity index (χ3v) is 6.36. The summed E-state index contributed by atoms with van der Waals surface area (Å²) in [4.78, 5) is 17.2. The molecule has 0 saturated carbocycles. The highest BCUT2D eigenvalue weighted by atomic mass is 79.9. The Hall–Kier alpha value is -2.61. The molecule has 3 aromatic carbocycles. The lowest BCUT2D eigenvalue weighted by Gasteiger charge is -2.09. The topological polar surface area (TPSA) is 64.4 Å². The van der Waals surface area contributed by atoms with Crippen molar-refractivity contribution >= 4 is 72.2 Å². The van der Waals surface area contributed by atoms with Crippen molar-refractivity contribution in [3.63, 3.8) is 0 Å². The molecule has 5 nitrogen and oxygen atoms in total. The first kappa shape index (κ1) is 23.5. The normalized spacial score (nSPS) is 11.3. The van der Waals surface area contributed by atoms with Crippen molar-refractivity contribution in [2.24, 2.45) is 0 Å². The van der Waals surface area contributed by atoms with E-state index in [-0.39, 0.29) is 5.91 Å². The number of fused-ring (bicyclic) bond motifs is 1. The predicted molar refractivity (Wildman–Crippen MR) is 140 cm³/mol. The number of rotatable bonds is 6. The Labute approximate surface area is 213 Å². The lowest BCUT2D eigenvalue weighted by atomic mass is 10.1. The third kappa shape index (κ3) is 5.32. The number of hydrogen-bond donors (Lipinski definition) is 1. The summed E-state index contributed by atoms with van der Waals surface area (Å²) in [7, 11) is 1.58. The molecule has 1 heterocycles. The second-order valence-corrected chi connectivity index (χ2v) is 9.38. The zero-order valence-corrected chi connectivity index (χ0v) is 21.7. The van der Waals surface area contributed by atoms with Crippen LogP contribution in [-0.2, 0) is 11.2 Å². The van der Waals surface area contributed by atoms with E-state index in [4.69, 9.17) is 20.8 Å². The number of carbonyl (C=O) groups is 1. The zero-order chi connectivity index (χ0) is 23.5. The summed E-state index contributed by atoms with van der Waals surface area (Å²) < 4.78 is 13.0. The van der Waals surface area contributed by atoms with Gasteiger partial charge in [-0.25, -0.2) is 4.98 Å². The summed E-state index contributed by atoms with van der Waals surface area (Å²) in [6.45, 7) is 2.09. The molecule has 0 fully saturated rings. The first-order valence-electron chi connectivity index (χ1n) is 10.1. The van der Waals surface area contributed by atoms with Gasteiger partial charge in [0.1, 0.15) is 11.3 Å². The second-order valence-electron chi connectivity index (χ2n) is 7.20. The molecule has 0 atom stereocenters. The van der Waals surface area contributed by atoms with E-state index < -0.39 is 0 Å². The number of oxazole rings is 1. The Morgan fingerprint density at radius 2 is 2.00 bits per heavy atom. The quantitative estimate of drug-likeness (QED) is 0.232. The van der Waals surface area contributed by atoms with Crippen molar-refractivity contribution < 1.29 is 13.9 Å². The minimum atomic E-state index is -0.336. The van der Waals surface area contributed by atoms with E-state index in [1.165, 1.54) is 11.6 Å². The Bertz CT molecular complexity index is 1380. The van der Waals surface area contributed by atoms with E-state index in [1.54, 1.807) is 25.3 Å². The fourth-order valence-corrected chi connectivity index (χ4v) is 4.91. The zero-order valence-electron chi connectivity index (χ0n) is 17.8. The van der Waals surface area contributed by atoms with Crippen LogP contribution >= 0.6 is 43.5 Å². The number of nitrogens with zero attached hydrogens (tertiary/aromatic N) is 1. The number of carbonyl (C=O) groups excluding carboxylic acids is 1. The number of halogens is 3. The van der Waals surface area contributed by atoms with Crippen molar-refractivity contribution in [1.29, 1.82) is 0 Å². The molecule has 8 heteroatoms. The number of hydrogen-bond acceptors (Lipinski definition) is 4. The van der Waals surface area contributed by atoms with Crippen LogP contribution in [0.1, 0.15) is 18.1 Å². The maximum Gasteiger partial charge on any atom is 0.248 e. The fourth-order valence-electron chi connectivity index (χ4n) is 3.33. The lowest BCUT2D eigenvalue weighted by Crippen LogP contribution is -2.08. The Kier molecular flexibility index (Phi) is 7.22. The number of anilines is 1. The molecule has 0 bridgehead atoms. The average Bonchev–Trinajstić information content (AvgIpc) is 3.22. The van der Waals surface area contributed by atoms with Crippen molar-refractivity contribution in [2.75, 3.05) is 12.4 Å². The maximum absolute atomic E-state index is 12.6. The number of benzene rings is 3. The van der Waals surface area contributed by atoms with Gasteiger partial charge in [-0.05, 0) is 76.5 Å². The van der Waals surface area contributed by atoms with Crippen molar-refractivity contribution in [1.82, 2.24) is 4.98 Å². The van der Waals surface area contributed by atoms with Gasteiger partial charge in [0.25, 0.3) is 0 Å². The van der Waals surface area contributed by atoms with Gasteiger partial charge in [0.2, 0.25) is 11.8 Å². The smallest absolute Gasteiger partial charge is 0.248 e. The molecule has 0 aliphatic rings. The second kappa shape index (κ2) is 10.1. The summed E-state index contributed by atoms with van der Waals surface area (Å²) in [6, 6.07) is 14.9. The summed E-state index contributed by atoms with van der Waals surface area (Å²) >= 11 is 13.2. The fraction of sp³-hybridized carbons (Fsp3) is 0.120. The van der Waals surface area contributed by atoms with E-state index in [1.807, 2.05) is 36.4 Å². The highest BCUT2D eigenvalue weighted by molar-refractivity contribution is 9.11. The molecule has 0 saturated heterocycles. The van der Waals surface area contributed by atoms with Gasteiger partial charge >= 0.3 is 0 Å². The van der Waals surface area contributed by atoms with Crippen LogP contribution in [0.15, 0.2) is 68.0 Å². The van der Waals surface area contributed by atoms with Crippen LogP contribution in [0.3, 0.4) is 0 Å². The van der Waals surface area contributed by atoms with Crippen LogP contribution in [0.2, 0.25) is 5.02 Å². The number of nitrogens with one attached hydrogen (secondary N) is 1. The van der Waals surface area contributed by atoms with E-state index in [0.29, 0.717) is 33.5 Å². The van der Waals surface area contributed by atoms with Crippen LogP contribution in [0.4, 0.5) is 5.69 Å². The molecule has 168 valence electrons. The van der Waals surface area contributed by atoms with E-state index in [2.05, 4.69) is 49.1 Å². The lowest BCUT2D eigenvalue weighted by molar-refractivity contribution is -0.111. The molecule has 1 N–H and O–H groups in total. The maximum atomic E-state index is 12.6. The van der Waals surface area contributed by atoms with E-state index in [0.717, 1.165) is 26.4 Å². The summed E-state index contributed by atoms with van der Waals surface area (Å²) in [6.07, 6.45) is 4.02. The van der Waals surface area contributed by atoms with E-state index >= 15 is 0 Å². The van der Waals surface area contributed by atoms with Gasteiger partial charge in [-0.3, -0.25) is 4.79 Å². The highest BCUT2D eigenvalue weighted by Gasteiger charge is 2.13.